The van der Waals surface area contributed by atoms with Gasteiger partial charge in [-0.25, -0.2) is 18.1 Å². The zero-order chi connectivity index (χ0) is 28.2. The SMILES string of the molecule is Cc1cccc(C)c1-c1cc(Oc2ccc(NCCC(=O)N(C)C)cc2)nc(NS(=O)(=O)c2cnn(C)c2)n1. The van der Waals surface area contributed by atoms with E-state index in [4.69, 9.17) is 4.74 Å². The third-order valence-electron chi connectivity index (χ3n) is 5.90. The Morgan fingerprint density at radius 2 is 1.74 bits per heavy atom. The van der Waals surface area contributed by atoms with Crippen molar-refractivity contribution < 1.29 is 17.9 Å². The van der Waals surface area contributed by atoms with Gasteiger partial charge in [0.25, 0.3) is 10.0 Å². The van der Waals surface area contributed by atoms with Crippen LogP contribution in [0.5, 0.6) is 11.6 Å². The van der Waals surface area contributed by atoms with Crippen molar-refractivity contribution in [3.05, 3.63) is 72.1 Å². The smallest absolute Gasteiger partial charge is 0.267 e. The van der Waals surface area contributed by atoms with Crippen LogP contribution in [0, 0.1) is 13.8 Å². The Morgan fingerprint density at radius 1 is 1.05 bits per heavy atom. The number of benzene rings is 2. The number of rotatable bonds is 10. The summed E-state index contributed by atoms with van der Waals surface area (Å²) in [4.78, 5) is 22.1. The standard InChI is InChI=1S/C27H31N7O4S/c1-18-7-6-8-19(2)26(18)23-15-24(31-27(30-23)32-39(36,37)22-16-29-34(5)17-22)38-21-11-9-20(10-12-21)28-14-13-25(35)33(3)4/h6-12,15-17,28H,13-14H2,1-5H3,(H,30,31,32). The van der Waals surface area contributed by atoms with Crippen molar-refractivity contribution in [3.63, 3.8) is 0 Å². The fourth-order valence-electron chi connectivity index (χ4n) is 3.89. The molecule has 12 heteroatoms. The van der Waals surface area contributed by atoms with E-state index in [1.54, 1.807) is 44.2 Å². The first-order chi connectivity index (χ1) is 18.5. The number of aryl methyl sites for hydroxylation is 3. The third kappa shape index (κ3) is 6.90. The molecule has 11 nitrogen and oxygen atoms in total. The van der Waals surface area contributed by atoms with Crippen LogP contribution in [0.3, 0.4) is 0 Å². The highest BCUT2D eigenvalue weighted by molar-refractivity contribution is 7.92. The fraction of sp³-hybridized carbons (Fsp3) is 0.259. The van der Waals surface area contributed by atoms with Gasteiger partial charge in [-0.2, -0.15) is 10.1 Å². The molecule has 0 radical (unpaired) electrons. The lowest BCUT2D eigenvalue weighted by Crippen LogP contribution is -2.23. The number of hydrogen-bond donors (Lipinski definition) is 2. The summed E-state index contributed by atoms with van der Waals surface area (Å²) >= 11 is 0. The van der Waals surface area contributed by atoms with E-state index in [0.29, 0.717) is 24.4 Å². The molecule has 2 heterocycles. The van der Waals surface area contributed by atoms with Gasteiger partial charge in [0.15, 0.2) is 0 Å². The summed E-state index contributed by atoms with van der Waals surface area (Å²) in [5, 5.41) is 7.14. The normalized spacial score (nSPS) is 11.2. The molecule has 0 bridgehead atoms. The largest absolute Gasteiger partial charge is 0.439 e. The number of carbonyl (C=O) groups excluding carboxylic acids is 1. The molecule has 4 aromatic rings. The van der Waals surface area contributed by atoms with Crippen molar-refractivity contribution in [2.24, 2.45) is 7.05 Å². The van der Waals surface area contributed by atoms with Gasteiger partial charge in [0.1, 0.15) is 10.6 Å². The van der Waals surface area contributed by atoms with Crippen molar-refractivity contribution in [1.82, 2.24) is 24.6 Å². The van der Waals surface area contributed by atoms with Crippen LogP contribution in [0.2, 0.25) is 0 Å². The molecule has 0 aliphatic carbocycles. The lowest BCUT2D eigenvalue weighted by atomic mass is 10.00. The first kappa shape index (κ1) is 27.6. The predicted molar refractivity (Wildman–Crippen MR) is 149 cm³/mol. The fourth-order valence-corrected chi connectivity index (χ4v) is 4.81. The van der Waals surface area contributed by atoms with E-state index >= 15 is 0 Å². The minimum absolute atomic E-state index is 0.0103. The second kappa shape index (κ2) is 11.5. The van der Waals surface area contributed by atoms with Crippen molar-refractivity contribution >= 4 is 27.6 Å². The summed E-state index contributed by atoms with van der Waals surface area (Å²) in [5.41, 5.74) is 4.16. The van der Waals surface area contributed by atoms with E-state index in [1.807, 2.05) is 44.2 Å². The van der Waals surface area contributed by atoms with Gasteiger partial charge < -0.3 is 15.0 Å². The summed E-state index contributed by atoms with van der Waals surface area (Å²) in [6, 6.07) is 14.7. The molecule has 0 saturated heterocycles. The van der Waals surface area contributed by atoms with Gasteiger partial charge in [-0.1, -0.05) is 18.2 Å². The van der Waals surface area contributed by atoms with Crippen LogP contribution < -0.4 is 14.8 Å². The van der Waals surface area contributed by atoms with Gasteiger partial charge in [0.05, 0.1) is 11.9 Å². The van der Waals surface area contributed by atoms with Crippen LogP contribution in [-0.4, -0.2) is 59.6 Å². The minimum Gasteiger partial charge on any atom is -0.439 e. The summed E-state index contributed by atoms with van der Waals surface area (Å²) in [5.74, 6) is 0.583. The Kier molecular flexibility index (Phi) is 8.15. The number of sulfonamides is 1. The van der Waals surface area contributed by atoms with Crippen LogP contribution in [0.1, 0.15) is 17.5 Å². The number of ether oxygens (including phenoxy) is 1. The lowest BCUT2D eigenvalue weighted by Gasteiger charge is -2.14. The second-order valence-corrected chi connectivity index (χ2v) is 10.9. The highest BCUT2D eigenvalue weighted by atomic mass is 32.2. The molecular formula is C27H31N7O4S. The Hall–Kier alpha value is -4.45. The van der Waals surface area contributed by atoms with Gasteiger partial charge >= 0.3 is 0 Å². The number of amides is 1. The Balaban J connectivity index is 1.61. The molecule has 204 valence electrons. The van der Waals surface area contributed by atoms with Crippen LogP contribution in [0.4, 0.5) is 11.6 Å². The van der Waals surface area contributed by atoms with Gasteiger partial charge in [0, 0.05) is 57.6 Å². The Bertz CT molecular complexity index is 1560. The van der Waals surface area contributed by atoms with E-state index in [2.05, 4.69) is 25.1 Å². The average molecular weight is 550 g/mol. The Labute approximate surface area is 227 Å². The number of anilines is 2. The van der Waals surface area contributed by atoms with E-state index in [9.17, 15) is 13.2 Å². The summed E-state index contributed by atoms with van der Waals surface area (Å²) in [7, 11) is 1.11. The number of aromatic nitrogens is 4. The molecular weight excluding hydrogens is 518 g/mol. The summed E-state index contributed by atoms with van der Waals surface area (Å²) in [6.45, 7) is 4.42. The molecule has 0 aliphatic heterocycles. The molecule has 0 fully saturated rings. The first-order valence-corrected chi connectivity index (χ1v) is 13.7. The van der Waals surface area contributed by atoms with Crippen molar-refractivity contribution in [2.45, 2.75) is 25.2 Å². The number of carbonyl (C=O) groups is 1. The van der Waals surface area contributed by atoms with Crippen LogP contribution >= 0.6 is 0 Å². The molecule has 0 atom stereocenters. The zero-order valence-corrected chi connectivity index (χ0v) is 23.3. The van der Waals surface area contributed by atoms with Gasteiger partial charge in [0.2, 0.25) is 17.7 Å². The average Bonchev–Trinajstić information content (AvgIpc) is 3.32. The Morgan fingerprint density at radius 3 is 2.36 bits per heavy atom. The molecule has 4 rings (SSSR count). The minimum atomic E-state index is -3.98. The molecule has 2 aromatic heterocycles. The van der Waals surface area contributed by atoms with E-state index in [0.717, 1.165) is 22.4 Å². The second-order valence-electron chi connectivity index (χ2n) is 9.23. The first-order valence-electron chi connectivity index (χ1n) is 12.2. The quantitative estimate of drug-likeness (QED) is 0.304. The highest BCUT2D eigenvalue weighted by Gasteiger charge is 2.20. The lowest BCUT2D eigenvalue weighted by molar-refractivity contribution is -0.128. The molecule has 0 aliphatic rings. The van der Waals surface area contributed by atoms with Gasteiger partial charge in [-0.3, -0.25) is 9.48 Å². The topological polar surface area (TPSA) is 131 Å². The van der Waals surface area contributed by atoms with Crippen LogP contribution in [-0.2, 0) is 21.9 Å². The molecule has 0 saturated carbocycles. The molecule has 1 amide bonds. The summed E-state index contributed by atoms with van der Waals surface area (Å²) < 4.78 is 35.8. The molecule has 39 heavy (non-hydrogen) atoms. The maximum absolute atomic E-state index is 13.0. The van der Waals surface area contributed by atoms with Crippen LogP contribution in [0.25, 0.3) is 11.3 Å². The number of nitrogens with one attached hydrogen (secondary N) is 2. The maximum Gasteiger partial charge on any atom is 0.267 e. The molecule has 2 aromatic carbocycles. The number of nitrogens with zero attached hydrogens (tertiary/aromatic N) is 5. The molecule has 0 spiro atoms. The van der Waals surface area contributed by atoms with E-state index < -0.39 is 10.0 Å². The zero-order valence-electron chi connectivity index (χ0n) is 22.5. The van der Waals surface area contributed by atoms with Crippen molar-refractivity contribution in [3.8, 4) is 22.9 Å². The third-order valence-corrected chi connectivity index (χ3v) is 7.18. The predicted octanol–water partition coefficient (Wildman–Crippen LogP) is 3.98. The monoisotopic (exact) mass is 549 g/mol. The van der Waals surface area contributed by atoms with Crippen LogP contribution in [0.15, 0.2) is 65.8 Å². The maximum atomic E-state index is 13.0. The molecule has 0 unspecified atom stereocenters. The number of hydrogen-bond acceptors (Lipinski definition) is 8. The molecule has 2 N–H and O–H groups in total. The summed E-state index contributed by atoms with van der Waals surface area (Å²) in [6.07, 6.45) is 3.02. The van der Waals surface area contributed by atoms with Gasteiger partial charge in [-0.15, -0.1) is 0 Å². The highest BCUT2D eigenvalue weighted by Crippen LogP contribution is 2.31. The van der Waals surface area contributed by atoms with E-state index in [-0.39, 0.29) is 22.6 Å². The van der Waals surface area contributed by atoms with E-state index in [1.165, 1.54) is 17.1 Å². The van der Waals surface area contributed by atoms with Crippen molar-refractivity contribution in [1.29, 1.82) is 0 Å². The van der Waals surface area contributed by atoms with Gasteiger partial charge in [-0.05, 0) is 49.2 Å². The van der Waals surface area contributed by atoms with Crippen molar-refractivity contribution in [2.75, 3.05) is 30.7 Å².